The smallest absolute Gasteiger partial charge is 0.410 e. The normalized spacial score (nSPS) is 20.9. The summed E-state index contributed by atoms with van der Waals surface area (Å²) < 4.78 is 32.8. The summed E-state index contributed by atoms with van der Waals surface area (Å²) in [5, 5.41) is 13.7. The minimum absolute atomic E-state index is 0.000224. The molecule has 2 aromatic carbocycles. The highest BCUT2D eigenvalue weighted by molar-refractivity contribution is 7.86. The van der Waals surface area contributed by atoms with Gasteiger partial charge in [0, 0.05) is 76.4 Å². The van der Waals surface area contributed by atoms with Crippen LogP contribution in [0.15, 0.2) is 48.7 Å². The van der Waals surface area contributed by atoms with E-state index in [9.17, 15) is 22.8 Å². The van der Waals surface area contributed by atoms with E-state index in [-0.39, 0.29) is 24.4 Å². The van der Waals surface area contributed by atoms with Crippen LogP contribution in [0.1, 0.15) is 49.7 Å². The Kier molecular flexibility index (Phi) is 10.2. The number of hydrogen-bond donors (Lipinski definition) is 2. The first-order chi connectivity index (χ1) is 24.5. The van der Waals surface area contributed by atoms with Crippen molar-refractivity contribution >= 4 is 44.8 Å². The van der Waals surface area contributed by atoms with Crippen LogP contribution in [0.3, 0.4) is 0 Å². The van der Waals surface area contributed by atoms with E-state index >= 15 is 0 Å². The van der Waals surface area contributed by atoms with Crippen LogP contribution in [0.25, 0.3) is 10.9 Å². The molecule has 51 heavy (non-hydrogen) atoms. The average molecular weight is 721 g/mol. The Hall–Kier alpha value is -4.21. The summed E-state index contributed by atoms with van der Waals surface area (Å²) in [7, 11) is -1.79. The number of amides is 4. The highest BCUT2D eigenvalue weighted by atomic mass is 32.2. The van der Waals surface area contributed by atoms with Crippen molar-refractivity contribution in [2.24, 2.45) is 24.0 Å². The predicted octanol–water partition coefficient (Wildman–Crippen LogP) is 3.33. The molecule has 3 N–H and O–H groups in total. The summed E-state index contributed by atoms with van der Waals surface area (Å²) in [4.78, 5) is 46.3. The summed E-state index contributed by atoms with van der Waals surface area (Å²) in [6, 6.07) is 13.7. The molecule has 0 spiro atoms. The van der Waals surface area contributed by atoms with E-state index in [4.69, 9.17) is 9.88 Å². The van der Waals surface area contributed by atoms with E-state index < -0.39 is 22.4 Å². The summed E-state index contributed by atoms with van der Waals surface area (Å²) in [5.41, 5.74) is 3.81. The molecule has 0 bridgehead atoms. The van der Waals surface area contributed by atoms with Gasteiger partial charge < -0.3 is 24.8 Å². The number of carbonyl (C=O) groups is 3. The SMILES string of the molecule is Cn1ncc2cc(C[C@@H](OC(=O)N3CCC(N4CCc5ccccc5NC4=O)CC3)C(=O)N3CCC(C4CCN(S(N)(=O)=O)CC4)CC3)ccc21. The van der Waals surface area contributed by atoms with Gasteiger partial charge >= 0.3 is 12.1 Å². The quantitative estimate of drug-likeness (QED) is 0.378. The van der Waals surface area contributed by atoms with E-state index in [1.54, 1.807) is 15.8 Å². The third kappa shape index (κ3) is 7.85. The Morgan fingerprint density at radius 1 is 0.922 bits per heavy atom. The van der Waals surface area contributed by atoms with Crippen molar-refractivity contribution in [1.29, 1.82) is 0 Å². The Balaban J connectivity index is 0.981. The summed E-state index contributed by atoms with van der Waals surface area (Å²) in [6.45, 7) is 3.44. The standard InChI is InChI=1S/C36H48N8O6S/c1-40-32-7-6-25(22-29(32)24-38-40)23-33(34(45)41-15-8-26(9-16-41)27-10-19-43(20-11-27)51(37,48)49)50-36(47)42-17-13-30(14-18-42)44-21-12-28-4-2-3-5-31(28)39-35(44)46/h2-7,22,24,26-27,30,33H,8-21,23H2,1H3,(H,39,46)(H2,37,48,49)/t33-/m1/s1. The molecular formula is C36H48N8O6S. The average Bonchev–Trinajstić information content (AvgIpc) is 3.41. The number of urea groups is 1. The number of aromatic nitrogens is 2. The lowest BCUT2D eigenvalue weighted by molar-refractivity contribution is -0.142. The molecule has 4 amide bonds. The molecule has 3 saturated heterocycles. The first-order valence-corrected chi connectivity index (χ1v) is 19.6. The maximum atomic E-state index is 14.1. The summed E-state index contributed by atoms with van der Waals surface area (Å²) in [6.07, 6.45) is 5.69. The monoisotopic (exact) mass is 720 g/mol. The molecule has 3 fully saturated rings. The molecule has 4 aliphatic heterocycles. The number of nitrogens with zero attached hydrogens (tertiary/aromatic N) is 6. The number of aryl methyl sites for hydroxylation is 1. The molecule has 5 heterocycles. The van der Waals surface area contributed by atoms with Crippen molar-refractivity contribution in [2.75, 3.05) is 51.1 Å². The van der Waals surface area contributed by atoms with E-state index in [0.717, 1.165) is 59.8 Å². The van der Waals surface area contributed by atoms with Gasteiger partial charge in [0.05, 0.1) is 11.7 Å². The minimum atomic E-state index is -3.67. The molecule has 3 aromatic rings. The number of piperidine rings is 3. The molecule has 1 atom stereocenters. The fourth-order valence-corrected chi connectivity index (χ4v) is 9.14. The number of nitrogens with one attached hydrogen (secondary N) is 1. The number of benzene rings is 2. The van der Waals surface area contributed by atoms with Crippen molar-refractivity contribution < 1.29 is 27.5 Å². The number of anilines is 1. The second-order valence-corrected chi connectivity index (χ2v) is 16.0. The second kappa shape index (κ2) is 14.8. The van der Waals surface area contributed by atoms with Crippen LogP contribution in [-0.2, 0) is 39.6 Å². The summed E-state index contributed by atoms with van der Waals surface area (Å²) >= 11 is 0. The lowest BCUT2D eigenvalue weighted by Crippen LogP contribution is -2.52. The van der Waals surface area contributed by atoms with E-state index in [1.807, 2.05) is 59.3 Å². The molecule has 4 aliphatic rings. The van der Waals surface area contributed by atoms with Crippen molar-refractivity contribution in [3.8, 4) is 0 Å². The Morgan fingerprint density at radius 3 is 2.29 bits per heavy atom. The van der Waals surface area contributed by atoms with Crippen LogP contribution in [0, 0.1) is 11.8 Å². The van der Waals surface area contributed by atoms with Crippen LogP contribution >= 0.6 is 0 Å². The van der Waals surface area contributed by atoms with Gasteiger partial charge in [0.15, 0.2) is 6.10 Å². The van der Waals surface area contributed by atoms with Crippen LogP contribution < -0.4 is 10.5 Å². The molecule has 7 rings (SSSR count). The maximum absolute atomic E-state index is 14.1. The van der Waals surface area contributed by atoms with Crippen LogP contribution in [0.5, 0.6) is 0 Å². The van der Waals surface area contributed by atoms with Gasteiger partial charge in [0.1, 0.15) is 0 Å². The van der Waals surface area contributed by atoms with Gasteiger partial charge in [0.2, 0.25) is 0 Å². The second-order valence-electron chi connectivity index (χ2n) is 14.4. The topological polar surface area (TPSA) is 163 Å². The number of ether oxygens (including phenoxy) is 1. The zero-order valence-electron chi connectivity index (χ0n) is 29.2. The highest BCUT2D eigenvalue weighted by Crippen LogP contribution is 2.33. The zero-order valence-corrected chi connectivity index (χ0v) is 30.0. The van der Waals surface area contributed by atoms with Gasteiger partial charge in [-0.15, -0.1) is 0 Å². The largest absolute Gasteiger partial charge is 0.436 e. The molecule has 0 aliphatic carbocycles. The lowest BCUT2D eigenvalue weighted by atomic mass is 9.79. The fraction of sp³-hybridized carbons (Fsp3) is 0.556. The van der Waals surface area contributed by atoms with E-state index in [2.05, 4.69) is 10.4 Å². The van der Waals surface area contributed by atoms with Gasteiger partial charge in [-0.1, -0.05) is 24.3 Å². The van der Waals surface area contributed by atoms with Crippen molar-refractivity contribution in [3.05, 3.63) is 59.8 Å². The Bertz CT molecular complexity index is 1860. The van der Waals surface area contributed by atoms with E-state index in [1.165, 1.54) is 4.31 Å². The molecular weight excluding hydrogens is 673 g/mol. The number of nitrogens with two attached hydrogens (primary N) is 1. The number of hydrogen-bond acceptors (Lipinski definition) is 7. The zero-order chi connectivity index (χ0) is 35.7. The molecule has 0 saturated carbocycles. The number of fused-ring (bicyclic) bond motifs is 2. The fourth-order valence-electron chi connectivity index (χ4n) is 8.42. The third-order valence-electron chi connectivity index (χ3n) is 11.4. The number of rotatable bonds is 7. The Labute approximate surface area is 299 Å². The van der Waals surface area contributed by atoms with Gasteiger partial charge in [0.25, 0.3) is 16.1 Å². The molecule has 14 nitrogen and oxygen atoms in total. The predicted molar refractivity (Wildman–Crippen MR) is 192 cm³/mol. The van der Waals surface area contributed by atoms with Crippen LogP contribution in [0.2, 0.25) is 0 Å². The first-order valence-electron chi connectivity index (χ1n) is 18.1. The third-order valence-corrected chi connectivity index (χ3v) is 12.5. The molecule has 0 radical (unpaired) electrons. The van der Waals surface area contributed by atoms with Gasteiger partial charge in [-0.05, 0) is 86.1 Å². The van der Waals surface area contributed by atoms with Crippen LogP contribution in [-0.4, -0.2) is 113 Å². The minimum Gasteiger partial charge on any atom is -0.436 e. The maximum Gasteiger partial charge on any atom is 0.410 e. The Morgan fingerprint density at radius 2 is 1.59 bits per heavy atom. The van der Waals surface area contributed by atoms with Gasteiger partial charge in [-0.2, -0.15) is 17.8 Å². The van der Waals surface area contributed by atoms with Gasteiger partial charge in [-0.3, -0.25) is 9.48 Å². The van der Waals surface area contributed by atoms with Crippen molar-refractivity contribution in [2.45, 2.75) is 63.5 Å². The lowest BCUT2D eigenvalue weighted by Gasteiger charge is -2.40. The van der Waals surface area contributed by atoms with Crippen molar-refractivity contribution in [1.82, 2.24) is 28.8 Å². The number of carbonyl (C=O) groups excluding carboxylic acids is 3. The van der Waals surface area contributed by atoms with E-state index in [0.29, 0.717) is 70.5 Å². The highest BCUT2D eigenvalue weighted by Gasteiger charge is 2.37. The molecule has 0 unspecified atom stereocenters. The first kappa shape index (κ1) is 35.2. The molecule has 15 heteroatoms. The van der Waals surface area contributed by atoms with Gasteiger partial charge in [-0.25, -0.2) is 14.7 Å². The molecule has 274 valence electrons. The number of likely N-dealkylation sites (tertiary alicyclic amines) is 2. The molecule has 1 aromatic heterocycles. The number of para-hydroxylation sites is 1. The van der Waals surface area contributed by atoms with Crippen LogP contribution in [0.4, 0.5) is 15.3 Å². The summed E-state index contributed by atoms with van der Waals surface area (Å²) in [5.74, 6) is 0.582. The van der Waals surface area contributed by atoms with Crippen molar-refractivity contribution in [3.63, 3.8) is 0 Å².